The molecule has 3 rings (SSSR count). The first-order chi connectivity index (χ1) is 15.0. The van der Waals surface area contributed by atoms with Crippen LogP contribution in [0.1, 0.15) is 30.1 Å². The van der Waals surface area contributed by atoms with Gasteiger partial charge in [-0.3, -0.25) is 14.5 Å². The molecule has 166 valence electrons. The zero-order valence-corrected chi connectivity index (χ0v) is 18.6. The lowest BCUT2D eigenvalue weighted by atomic mass is 10.2. The predicted octanol–water partition coefficient (Wildman–Crippen LogP) is 2.57. The maximum Gasteiger partial charge on any atom is 0.251 e. The van der Waals surface area contributed by atoms with Crippen molar-refractivity contribution >= 4 is 29.2 Å². The molecule has 2 amide bonds. The second-order valence-electron chi connectivity index (χ2n) is 7.81. The summed E-state index contributed by atoms with van der Waals surface area (Å²) in [5.74, 6) is 0.877. The van der Waals surface area contributed by atoms with Gasteiger partial charge in [0.2, 0.25) is 5.91 Å². The van der Waals surface area contributed by atoms with Gasteiger partial charge < -0.3 is 15.5 Å². The van der Waals surface area contributed by atoms with E-state index >= 15 is 0 Å². The van der Waals surface area contributed by atoms with Crippen LogP contribution in [0.2, 0.25) is 5.02 Å². The maximum atomic E-state index is 12.2. The number of pyridine rings is 1. The van der Waals surface area contributed by atoms with E-state index < -0.39 is 0 Å². The van der Waals surface area contributed by atoms with Crippen molar-refractivity contribution < 1.29 is 9.59 Å². The van der Waals surface area contributed by atoms with Gasteiger partial charge in [0, 0.05) is 68.5 Å². The molecular weight excluding hydrogens is 414 g/mol. The van der Waals surface area contributed by atoms with Crippen LogP contribution in [0, 0.1) is 0 Å². The normalized spacial score (nSPS) is 15.4. The van der Waals surface area contributed by atoms with E-state index in [2.05, 4.69) is 25.4 Å². The number of aromatic nitrogens is 1. The number of hydrogen-bond acceptors (Lipinski definition) is 5. The highest BCUT2D eigenvalue weighted by molar-refractivity contribution is 6.30. The van der Waals surface area contributed by atoms with Gasteiger partial charge in [0.05, 0.1) is 0 Å². The molecule has 0 spiro atoms. The molecule has 1 aliphatic heterocycles. The summed E-state index contributed by atoms with van der Waals surface area (Å²) in [4.78, 5) is 33.3. The molecule has 1 saturated heterocycles. The number of amides is 2. The summed E-state index contributed by atoms with van der Waals surface area (Å²) in [6.07, 6.45) is 2.81. The van der Waals surface area contributed by atoms with Crippen molar-refractivity contribution in [3.63, 3.8) is 0 Å². The minimum atomic E-state index is -0.157. The number of nitrogens with one attached hydrogen (secondary N) is 2. The quantitative estimate of drug-likeness (QED) is 0.582. The van der Waals surface area contributed by atoms with Gasteiger partial charge >= 0.3 is 0 Å². The van der Waals surface area contributed by atoms with Crippen LogP contribution >= 0.6 is 11.6 Å². The molecule has 1 unspecified atom stereocenters. The van der Waals surface area contributed by atoms with Crippen LogP contribution in [0.25, 0.3) is 0 Å². The number of benzene rings is 1. The third kappa shape index (κ3) is 7.52. The Balaban J connectivity index is 1.28. The van der Waals surface area contributed by atoms with E-state index in [-0.39, 0.29) is 17.9 Å². The first-order valence-electron chi connectivity index (χ1n) is 10.7. The highest BCUT2D eigenvalue weighted by Gasteiger charge is 2.20. The molecule has 0 bridgehead atoms. The summed E-state index contributed by atoms with van der Waals surface area (Å²) in [7, 11) is 0. The van der Waals surface area contributed by atoms with Crippen LogP contribution in [-0.2, 0) is 4.79 Å². The summed E-state index contributed by atoms with van der Waals surface area (Å²) in [6, 6.07) is 12.8. The second-order valence-corrected chi connectivity index (χ2v) is 8.25. The monoisotopic (exact) mass is 443 g/mol. The third-order valence-corrected chi connectivity index (χ3v) is 5.51. The first-order valence-corrected chi connectivity index (χ1v) is 11.1. The highest BCUT2D eigenvalue weighted by atomic mass is 35.5. The molecule has 2 aromatic rings. The predicted molar refractivity (Wildman–Crippen MR) is 124 cm³/mol. The van der Waals surface area contributed by atoms with Crippen molar-refractivity contribution in [2.24, 2.45) is 0 Å². The van der Waals surface area contributed by atoms with E-state index in [9.17, 15) is 9.59 Å². The van der Waals surface area contributed by atoms with Crippen molar-refractivity contribution in [3.8, 4) is 0 Å². The smallest absolute Gasteiger partial charge is 0.251 e. The summed E-state index contributed by atoms with van der Waals surface area (Å²) < 4.78 is 0. The Morgan fingerprint density at radius 3 is 2.52 bits per heavy atom. The molecular formula is C23H30ClN5O2. The van der Waals surface area contributed by atoms with Crippen molar-refractivity contribution in [2.75, 3.05) is 44.2 Å². The van der Waals surface area contributed by atoms with Crippen LogP contribution in [0.15, 0.2) is 48.7 Å². The second kappa shape index (κ2) is 11.7. The summed E-state index contributed by atoms with van der Waals surface area (Å²) in [5, 5.41) is 6.49. The first kappa shape index (κ1) is 23.0. The van der Waals surface area contributed by atoms with Gasteiger partial charge in [0.1, 0.15) is 5.82 Å². The van der Waals surface area contributed by atoms with Crippen LogP contribution in [0.5, 0.6) is 0 Å². The Bertz CT molecular complexity index is 839. The van der Waals surface area contributed by atoms with E-state index in [4.69, 9.17) is 11.6 Å². The number of piperazine rings is 1. The van der Waals surface area contributed by atoms with Crippen LogP contribution in [-0.4, -0.2) is 67.0 Å². The molecule has 0 saturated carbocycles. The van der Waals surface area contributed by atoms with Crippen molar-refractivity contribution in [2.45, 2.75) is 25.8 Å². The van der Waals surface area contributed by atoms with Gasteiger partial charge in [-0.15, -0.1) is 0 Å². The average Bonchev–Trinajstić information content (AvgIpc) is 2.78. The van der Waals surface area contributed by atoms with Gasteiger partial charge in [0.15, 0.2) is 0 Å². The van der Waals surface area contributed by atoms with Crippen molar-refractivity contribution in [1.82, 2.24) is 20.5 Å². The summed E-state index contributed by atoms with van der Waals surface area (Å²) in [6.45, 7) is 7.09. The molecule has 2 heterocycles. The fourth-order valence-corrected chi connectivity index (χ4v) is 3.76. The van der Waals surface area contributed by atoms with Crippen LogP contribution in [0.4, 0.5) is 5.82 Å². The molecule has 1 fully saturated rings. The van der Waals surface area contributed by atoms with E-state index in [0.717, 1.165) is 38.5 Å². The average molecular weight is 444 g/mol. The lowest BCUT2D eigenvalue weighted by Crippen LogP contribution is -2.51. The molecule has 1 aromatic carbocycles. The standard InChI is InChI=1S/C23H30ClN5O2/c1-18(17-28-13-15-29(16-14-28)21-5-2-3-11-25-21)27-22(30)6-4-12-26-23(31)19-7-9-20(24)10-8-19/h2-3,5,7-11,18H,4,6,12-17H2,1H3,(H,26,31)(H,27,30). The fourth-order valence-electron chi connectivity index (χ4n) is 3.63. The Morgan fingerprint density at radius 2 is 1.84 bits per heavy atom. The third-order valence-electron chi connectivity index (χ3n) is 5.26. The van der Waals surface area contributed by atoms with Gasteiger partial charge in [0.25, 0.3) is 5.91 Å². The summed E-state index contributed by atoms with van der Waals surface area (Å²) in [5.41, 5.74) is 0.561. The molecule has 2 N–H and O–H groups in total. The Labute approximate surface area is 188 Å². The minimum Gasteiger partial charge on any atom is -0.354 e. The largest absolute Gasteiger partial charge is 0.354 e. The Morgan fingerprint density at radius 1 is 1.10 bits per heavy atom. The Hall–Kier alpha value is -2.64. The number of rotatable bonds is 9. The zero-order chi connectivity index (χ0) is 22.1. The number of hydrogen-bond donors (Lipinski definition) is 2. The van der Waals surface area contributed by atoms with E-state index in [1.165, 1.54) is 0 Å². The molecule has 1 aromatic heterocycles. The van der Waals surface area contributed by atoms with E-state index in [1.54, 1.807) is 24.3 Å². The number of halogens is 1. The molecule has 8 heteroatoms. The number of anilines is 1. The zero-order valence-electron chi connectivity index (χ0n) is 17.9. The number of nitrogens with zero attached hydrogens (tertiary/aromatic N) is 3. The number of carbonyl (C=O) groups excluding carboxylic acids is 2. The summed E-state index contributed by atoms with van der Waals surface area (Å²) >= 11 is 5.83. The van der Waals surface area contributed by atoms with Gasteiger partial charge in [-0.1, -0.05) is 17.7 Å². The fraction of sp³-hybridized carbons (Fsp3) is 0.435. The Kier molecular flexibility index (Phi) is 8.67. The molecule has 0 aliphatic carbocycles. The molecule has 1 aliphatic rings. The maximum absolute atomic E-state index is 12.2. The SMILES string of the molecule is CC(CN1CCN(c2ccccn2)CC1)NC(=O)CCCNC(=O)c1ccc(Cl)cc1. The minimum absolute atomic E-state index is 0.0142. The lowest BCUT2D eigenvalue weighted by Gasteiger charge is -2.36. The van der Waals surface area contributed by atoms with Crippen molar-refractivity contribution in [3.05, 3.63) is 59.2 Å². The van der Waals surface area contributed by atoms with Crippen LogP contribution in [0.3, 0.4) is 0 Å². The topological polar surface area (TPSA) is 77.6 Å². The highest BCUT2D eigenvalue weighted by Crippen LogP contribution is 2.12. The van der Waals surface area contributed by atoms with E-state index in [1.807, 2.05) is 31.3 Å². The molecule has 7 nitrogen and oxygen atoms in total. The van der Waals surface area contributed by atoms with E-state index in [0.29, 0.717) is 30.0 Å². The number of carbonyl (C=O) groups is 2. The van der Waals surface area contributed by atoms with Crippen LogP contribution < -0.4 is 15.5 Å². The van der Waals surface area contributed by atoms with Gasteiger partial charge in [-0.25, -0.2) is 4.98 Å². The molecule has 0 radical (unpaired) electrons. The lowest BCUT2D eigenvalue weighted by molar-refractivity contribution is -0.121. The van der Waals surface area contributed by atoms with Gasteiger partial charge in [-0.05, 0) is 49.7 Å². The molecule has 31 heavy (non-hydrogen) atoms. The molecule has 1 atom stereocenters. The van der Waals surface area contributed by atoms with Gasteiger partial charge in [-0.2, -0.15) is 0 Å². The van der Waals surface area contributed by atoms with Crippen molar-refractivity contribution in [1.29, 1.82) is 0 Å².